The minimum atomic E-state index is -0.791. The number of halogens is 2. The van der Waals surface area contributed by atoms with Gasteiger partial charge in [-0.15, -0.1) is 0 Å². The van der Waals surface area contributed by atoms with Gasteiger partial charge in [-0.05, 0) is 41.3 Å². The van der Waals surface area contributed by atoms with Crippen LogP contribution in [0.3, 0.4) is 0 Å². The van der Waals surface area contributed by atoms with Crippen LogP contribution < -0.4 is 10.2 Å². The number of carbonyl (C=O) groups excluding carboxylic acids is 2. The summed E-state index contributed by atoms with van der Waals surface area (Å²) in [4.78, 5) is 26.7. The van der Waals surface area contributed by atoms with Crippen LogP contribution in [0.1, 0.15) is 30.6 Å². The Bertz CT molecular complexity index is 1260. The lowest BCUT2D eigenvalue weighted by atomic mass is 10.0. The molecule has 9 heteroatoms. The van der Waals surface area contributed by atoms with Gasteiger partial charge in [0, 0.05) is 32.1 Å². The van der Waals surface area contributed by atoms with Gasteiger partial charge in [0.25, 0.3) is 0 Å². The summed E-state index contributed by atoms with van der Waals surface area (Å²) in [7, 11) is 0. The van der Waals surface area contributed by atoms with Crippen molar-refractivity contribution in [3.05, 3.63) is 89.7 Å². The van der Waals surface area contributed by atoms with Crippen LogP contribution in [-0.2, 0) is 16.1 Å². The predicted octanol–water partition coefficient (Wildman–Crippen LogP) is 4.85. The molecular weight excluding hydrogens is 504 g/mol. The third kappa shape index (κ3) is 7.61. The van der Waals surface area contributed by atoms with E-state index in [0.29, 0.717) is 48.4 Å². The zero-order valence-electron chi connectivity index (χ0n) is 21.9. The molecule has 206 valence electrons. The van der Waals surface area contributed by atoms with E-state index in [1.165, 1.54) is 17.9 Å². The molecule has 1 fully saturated rings. The molecule has 1 aliphatic heterocycles. The number of benzene rings is 3. The molecule has 7 nitrogen and oxygen atoms in total. The highest BCUT2D eigenvalue weighted by molar-refractivity contribution is 5.90. The van der Waals surface area contributed by atoms with Gasteiger partial charge in [0.1, 0.15) is 11.9 Å². The predicted molar refractivity (Wildman–Crippen MR) is 145 cm³/mol. The van der Waals surface area contributed by atoms with Crippen molar-refractivity contribution in [1.82, 2.24) is 10.2 Å². The molecule has 2 atom stereocenters. The van der Waals surface area contributed by atoms with E-state index < -0.39 is 30.8 Å². The number of alkyl halides is 1. The SMILES string of the molecule is CC(=O)NC[C@H]1CN(c2ccc(-c3ccc([C@H](O)CN(CCCF)Cc4ccccc4)cc3)c(F)c2)C(=O)O1. The van der Waals surface area contributed by atoms with Gasteiger partial charge in [-0.1, -0.05) is 54.6 Å². The highest BCUT2D eigenvalue weighted by atomic mass is 19.1. The number of amides is 2. The number of anilines is 1. The summed E-state index contributed by atoms with van der Waals surface area (Å²) in [5.74, 6) is -0.723. The quantitative estimate of drug-likeness (QED) is 0.345. The van der Waals surface area contributed by atoms with Crippen molar-refractivity contribution >= 4 is 17.7 Å². The second kappa shape index (κ2) is 13.3. The Labute approximate surface area is 227 Å². The van der Waals surface area contributed by atoms with Crippen molar-refractivity contribution in [1.29, 1.82) is 0 Å². The molecular formula is C30H33F2N3O4. The molecule has 3 aromatic rings. The van der Waals surface area contributed by atoms with Gasteiger partial charge in [-0.2, -0.15) is 0 Å². The average Bonchev–Trinajstić information content (AvgIpc) is 3.31. The lowest BCUT2D eigenvalue weighted by Gasteiger charge is -2.25. The number of cyclic esters (lactones) is 1. The third-order valence-corrected chi connectivity index (χ3v) is 6.61. The van der Waals surface area contributed by atoms with Crippen molar-refractivity contribution in [2.75, 3.05) is 37.8 Å². The largest absolute Gasteiger partial charge is 0.442 e. The maximum absolute atomic E-state index is 15.1. The number of ether oxygens (including phenoxy) is 1. The summed E-state index contributed by atoms with van der Waals surface area (Å²) < 4.78 is 33.2. The Hall–Kier alpha value is -3.82. The third-order valence-electron chi connectivity index (χ3n) is 6.61. The number of aliphatic hydroxyl groups is 1. The Morgan fingerprint density at radius 3 is 2.56 bits per heavy atom. The molecule has 0 bridgehead atoms. The number of aliphatic hydroxyl groups excluding tert-OH is 1. The molecule has 39 heavy (non-hydrogen) atoms. The number of carbonyl (C=O) groups is 2. The highest BCUT2D eigenvalue weighted by Gasteiger charge is 2.32. The van der Waals surface area contributed by atoms with Gasteiger partial charge in [-0.25, -0.2) is 9.18 Å². The van der Waals surface area contributed by atoms with Crippen molar-refractivity contribution in [3.8, 4) is 11.1 Å². The van der Waals surface area contributed by atoms with E-state index in [1.54, 1.807) is 36.4 Å². The van der Waals surface area contributed by atoms with Crippen LogP contribution in [0.15, 0.2) is 72.8 Å². The normalized spacial score (nSPS) is 15.9. The van der Waals surface area contributed by atoms with Gasteiger partial charge in [0.15, 0.2) is 0 Å². The van der Waals surface area contributed by atoms with E-state index in [1.807, 2.05) is 35.2 Å². The fourth-order valence-electron chi connectivity index (χ4n) is 4.60. The molecule has 0 radical (unpaired) electrons. The monoisotopic (exact) mass is 537 g/mol. The second-order valence-corrected chi connectivity index (χ2v) is 9.62. The number of nitrogens with one attached hydrogen (secondary N) is 1. The smallest absolute Gasteiger partial charge is 0.414 e. The standard InChI is InChI=1S/C30H33F2N3O4/c1-21(36)33-17-26-19-35(30(38)39-26)25-12-13-27(28(32)16-25)23-8-10-24(11-9-23)29(37)20-34(15-5-14-31)18-22-6-3-2-4-7-22/h2-4,6-13,16,26,29,37H,5,14-15,17-20H2,1H3,(H,33,36)/t26-,29+/m0/s1. The van der Waals surface area contributed by atoms with Crippen LogP contribution in [0.4, 0.5) is 19.3 Å². The second-order valence-electron chi connectivity index (χ2n) is 9.62. The van der Waals surface area contributed by atoms with E-state index in [4.69, 9.17) is 4.74 Å². The number of hydrogen-bond acceptors (Lipinski definition) is 5. The first-order valence-corrected chi connectivity index (χ1v) is 13.0. The molecule has 1 aliphatic rings. The fraction of sp³-hybridized carbons (Fsp3) is 0.333. The van der Waals surface area contributed by atoms with Gasteiger partial charge < -0.3 is 15.2 Å². The van der Waals surface area contributed by atoms with Gasteiger partial charge in [0.2, 0.25) is 5.91 Å². The summed E-state index contributed by atoms with van der Waals surface area (Å²) in [5.41, 5.74) is 3.12. The van der Waals surface area contributed by atoms with Crippen molar-refractivity contribution < 1.29 is 28.2 Å². The summed E-state index contributed by atoms with van der Waals surface area (Å²) in [6, 6.07) is 21.4. The lowest BCUT2D eigenvalue weighted by Crippen LogP contribution is -2.33. The molecule has 1 heterocycles. The molecule has 0 aliphatic carbocycles. The van der Waals surface area contributed by atoms with E-state index in [9.17, 15) is 19.1 Å². The average molecular weight is 538 g/mol. The first kappa shape index (κ1) is 28.2. The summed E-state index contributed by atoms with van der Waals surface area (Å²) >= 11 is 0. The first-order valence-electron chi connectivity index (χ1n) is 13.0. The molecule has 0 spiro atoms. The zero-order valence-corrected chi connectivity index (χ0v) is 21.9. The van der Waals surface area contributed by atoms with E-state index in [0.717, 1.165) is 5.56 Å². The zero-order chi connectivity index (χ0) is 27.8. The molecule has 3 aromatic carbocycles. The van der Waals surface area contributed by atoms with Gasteiger partial charge >= 0.3 is 6.09 Å². The fourth-order valence-corrected chi connectivity index (χ4v) is 4.60. The van der Waals surface area contributed by atoms with Crippen molar-refractivity contribution in [2.24, 2.45) is 0 Å². The minimum absolute atomic E-state index is 0.191. The maximum Gasteiger partial charge on any atom is 0.414 e. The number of nitrogens with zero attached hydrogens (tertiary/aromatic N) is 2. The summed E-state index contributed by atoms with van der Waals surface area (Å²) in [5, 5.41) is 13.5. The lowest BCUT2D eigenvalue weighted by molar-refractivity contribution is -0.119. The molecule has 4 rings (SSSR count). The van der Waals surface area contributed by atoms with Crippen molar-refractivity contribution in [3.63, 3.8) is 0 Å². The van der Waals surface area contributed by atoms with Crippen LogP contribution in [-0.4, -0.2) is 61.0 Å². The minimum Gasteiger partial charge on any atom is -0.442 e. The van der Waals surface area contributed by atoms with Crippen LogP contribution >= 0.6 is 0 Å². The van der Waals surface area contributed by atoms with Crippen LogP contribution in [0.2, 0.25) is 0 Å². The van der Waals surface area contributed by atoms with Crippen LogP contribution in [0.25, 0.3) is 11.1 Å². The van der Waals surface area contributed by atoms with Gasteiger partial charge in [-0.3, -0.25) is 19.0 Å². The molecule has 2 amide bonds. The molecule has 0 unspecified atom stereocenters. The first-order chi connectivity index (χ1) is 18.8. The topological polar surface area (TPSA) is 82.1 Å². The maximum atomic E-state index is 15.1. The van der Waals surface area contributed by atoms with Crippen LogP contribution in [0.5, 0.6) is 0 Å². The molecule has 2 N–H and O–H groups in total. The molecule has 0 saturated carbocycles. The van der Waals surface area contributed by atoms with E-state index in [2.05, 4.69) is 5.32 Å². The van der Waals surface area contributed by atoms with Gasteiger partial charge in [0.05, 0.1) is 31.6 Å². The van der Waals surface area contributed by atoms with Crippen LogP contribution in [0, 0.1) is 5.82 Å². The summed E-state index contributed by atoms with van der Waals surface area (Å²) in [6.45, 7) is 2.82. The Kier molecular flexibility index (Phi) is 9.62. The highest BCUT2D eigenvalue weighted by Crippen LogP contribution is 2.30. The molecule has 0 aromatic heterocycles. The van der Waals surface area contributed by atoms with Crippen molar-refractivity contribution in [2.45, 2.75) is 32.1 Å². The van der Waals surface area contributed by atoms with E-state index in [-0.39, 0.29) is 19.0 Å². The Morgan fingerprint density at radius 2 is 1.90 bits per heavy atom. The number of hydrogen-bond donors (Lipinski definition) is 2. The molecule has 1 saturated heterocycles. The Balaban J connectivity index is 1.41. The Morgan fingerprint density at radius 1 is 1.15 bits per heavy atom. The number of rotatable bonds is 12. The summed E-state index contributed by atoms with van der Waals surface area (Å²) in [6.07, 6.45) is -1.51. The van der Waals surface area contributed by atoms with E-state index >= 15 is 4.39 Å².